The molecule has 184 valence electrons. The number of aromatic nitrogens is 3. The number of hydrogen-bond donors (Lipinski definition) is 3. The van der Waals surface area contributed by atoms with Gasteiger partial charge in [0.2, 0.25) is 12.3 Å². The van der Waals surface area contributed by atoms with Gasteiger partial charge in [0.1, 0.15) is 5.69 Å². The lowest BCUT2D eigenvalue weighted by Crippen LogP contribution is -2.52. The number of alkyl halides is 2. The van der Waals surface area contributed by atoms with E-state index in [-0.39, 0.29) is 24.3 Å². The summed E-state index contributed by atoms with van der Waals surface area (Å²) in [4.78, 5) is 39.0. The molecule has 0 saturated carbocycles. The minimum absolute atomic E-state index is 0.000521. The molecule has 34 heavy (non-hydrogen) atoms. The van der Waals surface area contributed by atoms with Crippen LogP contribution in [0.1, 0.15) is 32.4 Å². The van der Waals surface area contributed by atoms with Crippen LogP contribution in [-0.2, 0) is 19.9 Å². The van der Waals surface area contributed by atoms with Crippen LogP contribution < -0.4 is 10.6 Å². The van der Waals surface area contributed by atoms with Crippen molar-refractivity contribution in [2.45, 2.75) is 44.7 Å². The molecule has 0 bridgehead atoms. The van der Waals surface area contributed by atoms with Gasteiger partial charge in [-0.3, -0.25) is 14.4 Å². The number of nitrogens with zero attached hydrogens (tertiary/aromatic N) is 3. The zero-order chi connectivity index (χ0) is 25.2. The van der Waals surface area contributed by atoms with Crippen LogP contribution in [0.15, 0.2) is 18.3 Å². The molecule has 3 atom stereocenters. The number of carbonyl (C=O) groups is 3. The quantitative estimate of drug-likeness (QED) is 0.327. The smallest absolute Gasteiger partial charge is 0.312 e. The van der Waals surface area contributed by atoms with Crippen molar-refractivity contribution in [1.29, 1.82) is 0 Å². The Morgan fingerprint density at radius 1 is 1.24 bits per heavy atom. The molecule has 3 N–H and O–H groups in total. The van der Waals surface area contributed by atoms with Crippen molar-refractivity contribution in [3.8, 4) is 0 Å². The van der Waals surface area contributed by atoms with Crippen LogP contribution in [-0.4, -0.2) is 57.0 Å². The van der Waals surface area contributed by atoms with Gasteiger partial charge in [-0.05, 0) is 20.3 Å². The van der Waals surface area contributed by atoms with E-state index in [9.17, 15) is 36.3 Å². The normalized spacial score (nSPS) is 19.7. The second-order valence-electron chi connectivity index (χ2n) is 8.11. The number of anilines is 1. The number of carbonyl (C=O) groups excluding carboxylic acids is 3. The Kier molecular flexibility index (Phi) is 7.17. The van der Waals surface area contributed by atoms with Crippen molar-refractivity contribution >= 4 is 23.4 Å². The molecule has 1 saturated heterocycles. The molecule has 1 aromatic heterocycles. The van der Waals surface area contributed by atoms with Crippen molar-refractivity contribution in [3.63, 3.8) is 0 Å². The fourth-order valence-electron chi connectivity index (χ4n) is 3.87. The van der Waals surface area contributed by atoms with Crippen LogP contribution in [0.25, 0.3) is 0 Å². The molecule has 1 aromatic carbocycles. The molecule has 0 spiro atoms. The molecule has 0 radical (unpaired) electrons. The van der Waals surface area contributed by atoms with E-state index in [0.29, 0.717) is 12.1 Å². The standard InChI is InChI=1S/C20H21F5N6O3/c1-9-11(17(32)27-10-5-12(21)16(25)13(22)6-10)3-4-31(9)19(34)18(33)28-20(2,7-15(23)24)14-8-26-30-29-14/h5-6,8-9,11,15H,3-4,7H2,1-2H3,(H,27,32)(H,28,33)(H,26,29,30)/t9-,11+,20-/m0/s1. The number of rotatable bonds is 6. The summed E-state index contributed by atoms with van der Waals surface area (Å²) in [6.07, 6.45) is -2.38. The average molecular weight is 488 g/mol. The van der Waals surface area contributed by atoms with Crippen LogP contribution >= 0.6 is 0 Å². The van der Waals surface area contributed by atoms with Gasteiger partial charge >= 0.3 is 11.8 Å². The summed E-state index contributed by atoms with van der Waals surface area (Å²) in [6.45, 7) is 2.75. The van der Waals surface area contributed by atoms with E-state index in [1.165, 1.54) is 13.8 Å². The first-order chi connectivity index (χ1) is 15.9. The van der Waals surface area contributed by atoms with Crippen LogP contribution in [0.4, 0.5) is 27.6 Å². The van der Waals surface area contributed by atoms with Crippen LogP contribution in [0, 0.1) is 23.4 Å². The lowest BCUT2D eigenvalue weighted by Gasteiger charge is -2.30. The summed E-state index contributed by atoms with van der Waals surface area (Å²) in [5, 5.41) is 14.1. The third kappa shape index (κ3) is 5.15. The maximum Gasteiger partial charge on any atom is 0.312 e. The Bertz CT molecular complexity index is 1060. The van der Waals surface area contributed by atoms with Crippen molar-refractivity contribution in [1.82, 2.24) is 25.6 Å². The summed E-state index contributed by atoms with van der Waals surface area (Å²) in [7, 11) is 0. The van der Waals surface area contributed by atoms with E-state index in [2.05, 4.69) is 26.0 Å². The second-order valence-corrected chi connectivity index (χ2v) is 8.11. The molecule has 3 amide bonds. The summed E-state index contributed by atoms with van der Waals surface area (Å²) >= 11 is 0. The van der Waals surface area contributed by atoms with Crippen LogP contribution in [0.2, 0.25) is 0 Å². The predicted octanol–water partition coefficient (Wildman–Crippen LogP) is 2.08. The van der Waals surface area contributed by atoms with Crippen molar-refractivity contribution in [2.24, 2.45) is 5.92 Å². The van der Waals surface area contributed by atoms with E-state index >= 15 is 0 Å². The van der Waals surface area contributed by atoms with Gasteiger partial charge in [0.05, 0.1) is 17.7 Å². The first kappa shape index (κ1) is 25.1. The number of halogens is 5. The molecule has 1 aliphatic rings. The van der Waals surface area contributed by atoms with E-state index in [4.69, 9.17) is 0 Å². The number of amides is 3. The van der Waals surface area contributed by atoms with Gasteiger partial charge in [0.15, 0.2) is 17.5 Å². The molecule has 1 aliphatic heterocycles. The van der Waals surface area contributed by atoms with Crippen molar-refractivity contribution in [2.75, 3.05) is 11.9 Å². The molecule has 0 aliphatic carbocycles. The number of benzene rings is 1. The maximum atomic E-state index is 13.4. The fourth-order valence-corrected chi connectivity index (χ4v) is 3.87. The third-order valence-electron chi connectivity index (χ3n) is 5.73. The lowest BCUT2D eigenvalue weighted by atomic mass is 9.94. The van der Waals surface area contributed by atoms with E-state index < -0.39 is 65.5 Å². The molecule has 2 aromatic rings. The highest BCUT2D eigenvalue weighted by atomic mass is 19.3. The van der Waals surface area contributed by atoms with Gasteiger partial charge in [-0.15, -0.1) is 0 Å². The molecule has 2 heterocycles. The molecular formula is C20H21F5N6O3. The highest BCUT2D eigenvalue weighted by Gasteiger charge is 2.42. The average Bonchev–Trinajstić information content (AvgIpc) is 3.41. The van der Waals surface area contributed by atoms with E-state index in [1.54, 1.807) is 0 Å². The van der Waals surface area contributed by atoms with E-state index in [1.807, 2.05) is 0 Å². The highest BCUT2D eigenvalue weighted by molar-refractivity contribution is 6.35. The van der Waals surface area contributed by atoms with Gasteiger partial charge < -0.3 is 15.5 Å². The minimum atomic E-state index is -2.82. The van der Waals surface area contributed by atoms with Gasteiger partial charge in [-0.1, -0.05) is 0 Å². The number of hydrogen-bond acceptors (Lipinski definition) is 5. The third-order valence-corrected chi connectivity index (χ3v) is 5.73. The van der Waals surface area contributed by atoms with Gasteiger partial charge in [0.25, 0.3) is 0 Å². The van der Waals surface area contributed by atoms with Crippen molar-refractivity contribution in [3.05, 3.63) is 41.5 Å². The minimum Gasteiger partial charge on any atom is -0.337 e. The second kappa shape index (κ2) is 9.73. The summed E-state index contributed by atoms with van der Waals surface area (Å²) in [6, 6.07) is 0.418. The zero-order valence-corrected chi connectivity index (χ0v) is 18.0. The lowest BCUT2D eigenvalue weighted by molar-refractivity contribution is -0.148. The molecule has 9 nitrogen and oxygen atoms in total. The van der Waals surface area contributed by atoms with Gasteiger partial charge in [0, 0.05) is 36.8 Å². The molecule has 3 rings (SSSR count). The Labute approximate surface area is 190 Å². The first-order valence-electron chi connectivity index (χ1n) is 10.2. The van der Waals surface area contributed by atoms with Crippen LogP contribution in [0.5, 0.6) is 0 Å². The molecule has 1 fully saturated rings. The van der Waals surface area contributed by atoms with Gasteiger partial charge in [-0.2, -0.15) is 15.4 Å². The SMILES string of the molecule is C[C@H]1[C@H](C(=O)Nc2cc(F)c(F)c(F)c2)CCN1C(=O)C(=O)N[C@@](C)(CC(F)F)c1cn[nH]n1. The van der Waals surface area contributed by atoms with Crippen LogP contribution in [0.3, 0.4) is 0 Å². The Balaban J connectivity index is 1.68. The number of H-pyrrole nitrogens is 1. The summed E-state index contributed by atoms with van der Waals surface area (Å²) < 4.78 is 66.1. The van der Waals surface area contributed by atoms with Crippen molar-refractivity contribution < 1.29 is 36.3 Å². The topological polar surface area (TPSA) is 120 Å². The van der Waals surface area contributed by atoms with E-state index in [0.717, 1.165) is 11.1 Å². The monoisotopic (exact) mass is 488 g/mol. The molecule has 0 unspecified atom stereocenters. The summed E-state index contributed by atoms with van der Waals surface area (Å²) in [5.74, 6) is -8.43. The Morgan fingerprint density at radius 3 is 2.44 bits per heavy atom. The zero-order valence-electron chi connectivity index (χ0n) is 18.0. The molecule has 14 heteroatoms. The number of aromatic amines is 1. The largest absolute Gasteiger partial charge is 0.337 e. The Morgan fingerprint density at radius 2 is 1.88 bits per heavy atom. The van der Waals surface area contributed by atoms with Gasteiger partial charge in [-0.25, -0.2) is 22.0 Å². The number of likely N-dealkylation sites (tertiary alicyclic amines) is 1. The molecular weight excluding hydrogens is 467 g/mol. The number of nitrogens with one attached hydrogen (secondary N) is 3. The highest BCUT2D eigenvalue weighted by Crippen LogP contribution is 2.28. The predicted molar refractivity (Wildman–Crippen MR) is 107 cm³/mol. The first-order valence-corrected chi connectivity index (χ1v) is 10.2. The maximum absolute atomic E-state index is 13.4. The Hall–Kier alpha value is -3.58. The summed E-state index contributed by atoms with van der Waals surface area (Å²) in [5.41, 5.74) is -2.00. The fraction of sp³-hybridized carbons (Fsp3) is 0.450.